The van der Waals surface area contributed by atoms with E-state index in [1.807, 2.05) is 42.5 Å². The Hall–Kier alpha value is -4.20. The van der Waals surface area contributed by atoms with E-state index in [4.69, 9.17) is 9.47 Å². The predicted octanol–water partition coefficient (Wildman–Crippen LogP) is 4.01. The fourth-order valence-electron chi connectivity index (χ4n) is 5.07. The second kappa shape index (κ2) is 7.16. The van der Waals surface area contributed by atoms with Gasteiger partial charge in [0.1, 0.15) is 17.2 Å². The summed E-state index contributed by atoms with van der Waals surface area (Å²) in [5.41, 5.74) is 0.773. The minimum Gasteiger partial charge on any atom is -0.497 e. The molecule has 1 saturated heterocycles. The van der Waals surface area contributed by atoms with Crippen LogP contribution < -0.4 is 15.2 Å². The van der Waals surface area contributed by atoms with Crippen LogP contribution in [0.15, 0.2) is 71.5 Å². The number of aromatic hydroxyl groups is 1. The second-order valence-electron chi connectivity index (χ2n) is 8.30. The molecule has 1 aromatic heterocycles. The van der Waals surface area contributed by atoms with Crippen molar-refractivity contribution in [1.82, 2.24) is 14.0 Å². The lowest BCUT2D eigenvalue weighted by Crippen LogP contribution is -2.39. The van der Waals surface area contributed by atoms with E-state index in [1.165, 1.54) is 4.57 Å². The minimum absolute atomic E-state index is 0.134. The summed E-state index contributed by atoms with van der Waals surface area (Å²) >= 11 is 0. The zero-order valence-corrected chi connectivity index (χ0v) is 17.8. The molecule has 0 spiro atoms. The minimum atomic E-state index is -0.510. The number of methoxy groups -OCH3 is 1. The normalized spacial score (nSPS) is 18.5. The summed E-state index contributed by atoms with van der Waals surface area (Å²) in [7, 11) is 1.57. The summed E-state index contributed by atoms with van der Waals surface area (Å²) in [6.07, 6.45) is 0.0651. The van der Waals surface area contributed by atoms with Gasteiger partial charge in [0, 0.05) is 11.9 Å². The van der Waals surface area contributed by atoms with Gasteiger partial charge >= 0.3 is 11.8 Å². The second-order valence-corrected chi connectivity index (χ2v) is 8.30. The Labute approximate surface area is 188 Å². The molecule has 4 aromatic rings. The van der Waals surface area contributed by atoms with Gasteiger partial charge in [-0.15, -0.1) is 0 Å². The van der Waals surface area contributed by atoms with E-state index >= 15 is 0 Å². The van der Waals surface area contributed by atoms with Gasteiger partial charge < -0.3 is 14.6 Å². The third-order valence-electron chi connectivity index (χ3n) is 6.56. The lowest BCUT2D eigenvalue weighted by atomic mass is 10.1. The Balaban J connectivity index is 1.36. The SMILES string of the molecule is COc1ccc(OC(=O)N2C[C@@H]3C[C@H]2c2c(O)n(-c4cccc5ccccc45)c(=O)n23)cc1. The van der Waals surface area contributed by atoms with E-state index in [0.29, 0.717) is 35.8 Å². The Morgan fingerprint density at radius 3 is 2.52 bits per heavy atom. The highest BCUT2D eigenvalue weighted by atomic mass is 16.6. The Morgan fingerprint density at radius 1 is 1.00 bits per heavy atom. The molecule has 3 heterocycles. The van der Waals surface area contributed by atoms with Crippen molar-refractivity contribution in [3.05, 3.63) is 82.9 Å². The standard InChI is InChI=1S/C25H21N3O5/c1-32-17-9-11-18(12-10-17)33-25(31)26-14-16-13-21(26)22-23(29)28(24(30)27(16)22)20-8-4-6-15-5-2-3-7-19(15)20/h2-12,16,21,29H,13-14H2,1H3/t16-,21-/m0/s1. The van der Waals surface area contributed by atoms with Gasteiger partial charge in [-0.3, -0.25) is 9.47 Å². The number of hydrogen-bond acceptors (Lipinski definition) is 5. The Kier molecular flexibility index (Phi) is 4.23. The molecule has 166 valence electrons. The highest BCUT2D eigenvalue weighted by molar-refractivity contribution is 5.90. The van der Waals surface area contributed by atoms with Crippen molar-refractivity contribution in [2.45, 2.75) is 18.5 Å². The maximum atomic E-state index is 13.4. The summed E-state index contributed by atoms with van der Waals surface area (Å²) in [5, 5.41) is 13.0. The van der Waals surface area contributed by atoms with Gasteiger partial charge in [0.15, 0.2) is 0 Å². The molecule has 8 nitrogen and oxygen atoms in total. The third kappa shape index (κ3) is 2.83. The number of amides is 1. The number of likely N-dealkylation sites (tertiary alicyclic amines) is 1. The summed E-state index contributed by atoms with van der Waals surface area (Å²) in [5.74, 6) is 0.933. The topological polar surface area (TPSA) is 85.9 Å². The Morgan fingerprint density at radius 2 is 1.73 bits per heavy atom. The van der Waals surface area contributed by atoms with E-state index < -0.39 is 12.1 Å². The first-order valence-corrected chi connectivity index (χ1v) is 10.7. The van der Waals surface area contributed by atoms with Crippen LogP contribution in [0, 0.1) is 0 Å². The molecule has 1 amide bonds. The molecule has 2 aliphatic rings. The van der Waals surface area contributed by atoms with Crippen LogP contribution in [-0.4, -0.2) is 38.9 Å². The van der Waals surface area contributed by atoms with Gasteiger partial charge in [-0.1, -0.05) is 36.4 Å². The Bertz CT molecular complexity index is 1450. The molecule has 6 rings (SSSR count). The summed E-state index contributed by atoms with van der Waals surface area (Å²) < 4.78 is 13.6. The molecule has 0 aliphatic carbocycles. The van der Waals surface area contributed by atoms with Gasteiger partial charge in [-0.05, 0) is 42.1 Å². The summed E-state index contributed by atoms with van der Waals surface area (Å²) in [6.45, 7) is 0.353. The van der Waals surface area contributed by atoms with E-state index in [2.05, 4.69) is 0 Å². The number of imidazole rings is 1. The van der Waals surface area contributed by atoms with E-state index in [9.17, 15) is 14.7 Å². The molecule has 0 saturated carbocycles. The molecule has 1 fully saturated rings. The van der Waals surface area contributed by atoms with Crippen molar-refractivity contribution in [3.8, 4) is 23.1 Å². The van der Waals surface area contributed by atoms with Crippen molar-refractivity contribution in [2.24, 2.45) is 0 Å². The highest BCUT2D eigenvalue weighted by Crippen LogP contribution is 2.49. The number of carbonyl (C=O) groups excluding carboxylic acids is 1. The number of nitrogens with zero attached hydrogens (tertiary/aromatic N) is 3. The van der Waals surface area contributed by atoms with Crippen LogP contribution in [0.2, 0.25) is 0 Å². The number of hydrogen-bond donors (Lipinski definition) is 1. The molecular formula is C25H21N3O5. The molecule has 2 aliphatic heterocycles. The lowest BCUT2D eigenvalue weighted by Gasteiger charge is -2.26. The molecule has 33 heavy (non-hydrogen) atoms. The summed E-state index contributed by atoms with van der Waals surface area (Å²) in [4.78, 5) is 27.9. The molecule has 2 atom stereocenters. The van der Waals surface area contributed by atoms with Crippen molar-refractivity contribution in [2.75, 3.05) is 13.7 Å². The van der Waals surface area contributed by atoms with Crippen molar-refractivity contribution >= 4 is 16.9 Å². The zero-order chi connectivity index (χ0) is 22.7. The lowest BCUT2D eigenvalue weighted by molar-refractivity contribution is 0.140. The third-order valence-corrected chi connectivity index (χ3v) is 6.56. The largest absolute Gasteiger partial charge is 0.497 e. The van der Waals surface area contributed by atoms with Crippen LogP contribution in [-0.2, 0) is 0 Å². The molecule has 0 unspecified atom stereocenters. The predicted molar refractivity (Wildman–Crippen MR) is 121 cm³/mol. The van der Waals surface area contributed by atoms with Crippen LogP contribution in [0.25, 0.3) is 16.5 Å². The van der Waals surface area contributed by atoms with Crippen LogP contribution in [0.3, 0.4) is 0 Å². The molecule has 2 bridgehead atoms. The van der Waals surface area contributed by atoms with Gasteiger partial charge in [-0.2, -0.15) is 0 Å². The maximum Gasteiger partial charge on any atom is 0.415 e. The van der Waals surface area contributed by atoms with Crippen LogP contribution in [0.1, 0.15) is 24.2 Å². The van der Waals surface area contributed by atoms with Gasteiger partial charge in [0.25, 0.3) is 0 Å². The molecule has 1 N–H and O–H groups in total. The molecular weight excluding hydrogens is 422 g/mol. The fraction of sp³-hybridized carbons (Fsp3) is 0.200. The number of aromatic nitrogens is 2. The van der Waals surface area contributed by atoms with Gasteiger partial charge in [0.2, 0.25) is 5.88 Å². The van der Waals surface area contributed by atoms with Crippen molar-refractivity contribution in [3.63, 3.8) is 0 Å². The average Bonchev–Trinajstić information content (AvgIpc) is 3.51. The monoisotopic (exact) mass is 443 g/mol. The van der Waals surface area contributed by atoms with Crippen LogP contribution in [0.4, 0.5) is 4.79 Å². The molecule has 0 radical (unpaired) electrons. The van der Waals surface area contributed by atoms with E-state index in [-0.39, 0.29) is 17.6 Å². The zero-order valence-electron chi connectivity index (χ0n) is 17.8. The number of carbonyl (C=O) groups is 1. The number of fused-ring (bicyclic) bond motifs is 6. The highest BCUT2D eigenvalue weighted by Gasteiger charge is 2.50. The first-order valence-electron chi connectivity index (χ1n) is 10.7. The van der Waals surface area contributed by atoms with E-state index in [1.54, 1.807) is 40.8 Å². The smallest absolute Gasteiger partial charge is 0.415 e. The van der Waals surface area contributed by atoms with Gasteiger partial charge in [0.05, 0.1) is 24.9 Å². The number of ether oxygens (including phenoxy) is 2. The average molecular weight is 443 g/mol. The first kappa shape index (κ1) is 19.5. The molecule has 3 aromatic carbocycles. The van der Waals surface area contributed by atoms with Gasteiger partial charge in [-0.25, -0.2) is 14.2 Å². The van der Waals surface area contributed by atoms with Crippen molar-refractivity contribution < 1.29 is 19.4 Å². The first-order chi connectivity index (χ1) is 16.1. The summed E-state index contributed by atoms with van der Waals surface area (Å²) in [6, 6.07) is 19.5. The van der Waals surface area contributed by atoms with Crippen LogP contribution in [0.5, 0.6) is 17.4 Å². The van der Waals surface area contributed by atoms with E-state index in [0.717, 1.165) is 10.8 Å². The molecule has 8 heteroatoms. The fourth-order valence-corrected chi connectivity index (χ4v) is 5.07. The number of benzene rings is 3. The maximum absolute atomic E-state index is 13.4. The number of rotatable bonds is 3. The van der Waals surface area contributed by atoms with Crippen LogP contribution >= 0.6 is 0 Å². The van der Waals surface area contributed by atoms with Crippen molar-refractivity contribution in [1.29, 1.82) is 0 Å². The quantitative estimate of drug-likeness (QED) is 0.517.